The number of H-pyrrole nitrogens is 1. The Bertz CT molecular complexity index is 1810. The molecule has 7 rings (SSSR count). The molecule has 1 aliphatic heterocycles. The van der Waals surface area contributed by atoms with E-state index in [1.165, 1.54) is 0 Å². The molecule has 4 aromatic rings. The number of rotatable bonds is 11. The van der Waals surface area contributed by atoms with Crippen LogP contribution in [0.15, 0.2) is 30.6 Å². The molecule has 5 heterocycles. The molecule has 0 radical (unpaired) electrons. The first-order chi connectivity index (χ1) is 23.6. The number of alkyl halides is 3. The number of nitrogens with one attached hydrogen (secondary N) is 1. The van der Waals surface area contributed by atoms with Crippen molar-refractivity contribution < 1.29 is 27.4 Å². The highest BCUT2D eigenvalue weighted by atomic mass is 19.4. The third-order valence-corrected chi connectivity index (χ3v) is 10.0. The van der Waals surface area contributed by atoms with Gasteiger partial charge in [0.2, 0.25) is 0 Å². The van der Waals surface area contributed by atoms with Crippen LogP contribution in [-0.2, 0) is 20.4 Å². The minimum absolute atomic E-state index is 0.00649. The maximum atomic E-state index is 14.0. The van der Waals surface area contributed by atoms with E-state index >= 15 is 0 Å². The van der Waals surface area contributed by atoms with Gasteiger partial charge in [0.25, 0.3) is 0 Å². The molecule has 11 nitrogen and oxygen atoms in total. The van der Waals surface area contributed by atoms with Crippen molar-refractivity contribution in [2.75, 3.05) is 56.8 Å². The van der Waals surface area contributed by atoms with E-state index in [1.807, 2.05) is 20.0 Å². The summed E-state index contributed by atoms with van der Waals surface area (Å²) in [6.07, 6.45) is 4.98. The van der Waals surface area contributed by atoms with Crippen LogP contribution in [0.25, 0.3) is 33.9 Å². The van der Waals surface area contributed by atoms with Crippen LogP contribution in [0.4, 0.5) is 24.7 Å². The Morgan fingerprint density at radius 3 is 2.43 bits per heavy atom. The highest BCUT2D eigenvalue weighted by Gasteiger charge is 2.39. The van der Waals surface area contributed by atoms with Gasteiger partial charge in [0.05, 0.1) is 42.9 Å². The molecule has 0 atom stereocenters. The number of hydrogen-bond acceptors (Lipinski definition) is 10. The Morgan fingerprint density at radius 1 is 1.04 bits per heavy atom. The molecule has 0 bridgehead atoms. The SMILES string of the molecule is CCOC(=O)C1CCN(c2cnc(-c3nc4nc(-c5cc(C6CC6)nc(C(F)(F)F)c5)cc(N(C)CC5(COC)CCC5)c4[nH]3)cn2)CC1. The molecule has 260 valence electrons. The molecule has 3 fully saturated rings. The summed E-state index contributed by atoms with van der Waals surface area (Å²) in [4.78, 5) is 42.6. The molecule has 0 unspecified atom stereocenters. The molecule has 2 aliphatic carbocycles. The average molecular weight is 679 g/mol. The number of hydrogen-bond donors (Lipinski definition) is 1. The number of nitrogens with zero attached hydrogens (tertiary/aromatic N) is 7. The lowest BCUT2D eigenvalue weighted by molar-refractivity contribution is -0.148. The number of carbonyl (C=O) groups excluding carboxylic acids is 1. The largest absolute Gasteiger partial charge is 0.466 e. The molecule has 0 spiro atoms. The lowest BCUT2D eigenvalue weighted by Gasteiger charge is -2.44. The van der Waals surface area contributed by atoms with Crippen LogP contribution in [0.5, 0.6) is 0 Å². The van der Waals surface area contributed by atoms with E-state index in [-0.39, 0.29) is 23.2 Å². The standard InChI is InChI=1S/C35H41F3N8O3/c1-4-49-33(47)22-8-12-46(13-9-22)29-18-39-26(17-40-29)31-43-30-27(45(2)19-34(20-48-3)10-5-11-34)16-25(42-32(30)44-31)23-14-24(21-6-7-21)41-28(15-23)35(36,37)38/h14-18,21-22H,4-13,19-20H2,1-3H3,(H,42,43,44). The van der Waals surface area contributed by atoms with Crippen molar-refractivity contribution in [3.8, 4) is 22.8 Å². The van der Waals surface area contributed by atoms with Gasteiger partial charge in [-0.25, -0.2) is 24.9 Å². The van der Waals surface area contributed by atoms with Crippen LogP contribution in [0, 0.1) is 11.3 Å². The second kappa shape index (κ2) is 13.2. The Morgan fingerprint density at radius 2 is 1.82 bits per heavy atom. The first kappa shape index (κ1) is 33.2. The van der Waals surface area contributed by atoms with E-state index in [9.17, 15) is 18.0 Å². The third kappa shape index (κ3) is 6.92. The fraction of sp³-hybridized carbons (Fsp3) is 0.543. The first-order valence-corrected chi connectivity index (χ1v) is 17.0. The van der Waals surface area contributed by atoms with E-state index in [1.54, 1.807) is 25.6 Å². The predicted octanol–water partition coefficient (Wildman–Crippen LogP) is 6.41. The fourth-order valence-electron chi connectivity index (χ4n) is 7.11. The lowest BCUT2D eigenvalue weighted by Crippen LogP contribution is -2.44. The molecule has 1 saturated heterocycles. The Balaban J connectivity index is 1.22. The van der Waals surface area contributed by atoms with Crippen LogP contribution in [0.2, 0.25) is 0 Å². The number of imidazole rings is 1. The molecule has 0 amide bonds. The number of fused-ring (bicyclic) bond motifs is 1. The van der Waals surface area contributed by atoms with E-state index in [4.69, 9.17) is 19.4 Å². The number of aromatic amines is 1. The second-order valence-corrected chi connectivity index (χ2v) is 13.7. The zero-order chi connectivity index (χ0) is 34.3. The Labute approximate surface area is 282 Å². The summed E-state index contributed by atoms with van der Waals surface area (Å²) in [5, 5.41) is 0. The monoisotopic (exact) mass is 678 g/mol. The Hall–Kier alpha value is -4.33. The molecule has 2 saturated carbocycles. The van der Waals surface area contributed by atoms with Crippen molar-refractivity contribution >= 4 is 28.6 Å². The van der Waals surface area contributed by atoms with Crippen LogP contribution in [0.3, 0.4) is 0 Å². The maximum Gasteiger partial charge on any atom is 0.433 e. The van der Waals surface area contributed by atoms with Crippen LogP contribution in [-0.4, -0.2) is 82.9 Å². The van der Waals surface area contributed by atoms with Gasteiger partial charge in [-0.2, -0.15) is 13.2 Å². The van der Waals surface area contributed by atoms with Crippen molar-refractivity contribution in [1.29, 1.82) is 0 Å². The number of halogens is 3. The zero-order valence-corrected chi connectivity index (χ0v) is 28.0. The summed E-state index contributed by atoms with van der Waals surface area (Å²) in [7, 11) is 3.69. The number of piperidine rings is 1. The van der Waals surface area contributed by atoms with Crippen LogP contribution in [0.1, 0.15) is 69.2 Å². The van der Waals surface area contributed by atoms with E-state index < -0.39 is 11.9 Å². The minimum Gasteiger partial charge on any atom is -0.466 e. The van der Waals surface area contributed by atoms with Crippen molar-refractivity contribution in [3.63, 3.8) is 0 Å². The van der Waals surface area contributed by atoms with E-state index in [2.05, 4.69) is 29.7 Å². The second-order valence-electron chi connectivity index (χ2n) is 13.7. The summed E-state index contributed by atoms with van der Waals surface area (Å²) in [6, 6.07) is 4.65. The van der Waals surface area contributed by atoms with Gasteiger partial charge in [0, 0.05) is 56.4 Å². The van der Waals surface area contributed by atoms with Gasteiger partial charge in [-0.15, -0.1) is 0 Å². The number of anilines is 2. The van der Waals surface area contributed by atoms with Gasteiger partial charge in [0.1, 0.15) is 22.7 Å². The predicted molar refractivity (Wildman–Crippen MR) is 178 cm³/mol. The molecular formula is C35H41F3N8O3. The minimum atomic E-state index is -4.58. The van der Waals surface area contributed by atoms with Gasteiger partial charge in [0.15, 0.2) is 11.5 Å². The number of pyridine rings is 2. The number of ether oxygens (including phenoxy) is 2. The quantitative estimate of drug-likeness (QED) is 0.178. The van der Waals surface area contributed by atoms with Gasteiger partial charge in [-0.1, -0.05) is 6.42 Å². The Kier molecular flexibility index (Phi) is 8.92. The normalized spacial score (nSPS) is 18.0. The molecule has 4 aromatic heterocycles. The van der Waals surface area contributed by atoms with Gasteiger partial charge < -0.3 is 24.3 Å². The molecule has 3 aliphatic rings. The number of aromatic nitrogens is 6. The molecule has 14 heteroatoms. The van der Waals surface area contributed by atoms with Gasteiger partial charge in [-0.3, -0.25) is 4.79 Å². The summed E-state index contributed by atoms with van der Waals surface area (Å²) in [6.45, 7) is 4.85. The molecule has 49 heavy (non-hydrogen) atoms. The highest BCUT2D eigenvalue weighted by Crippen LogP contribution is 2.44. The summed E-state index contributed by atoms with van der Waals surface area (Å²) in [5.74, 6) is 0.933. The van der Waals surface area contributed by atoms with Crippen LogP contribution >= 0.6 is 0 Å². The highest BCUT2D eigenvalue weighted by molar-refractivity contribution is 5.91. The molecule has 1 N–H and O–H groups in total. The lowest BCUT2D eigenvalue weighted by atomic mass is 9.69. The molecular weight excluding hydrogens is 637 g/mol. The van der Waals surface area contributed by atoms with Crippen molar-refractivity contribution in [2.24, 2.45) is 11.3 Å². The van der Waals surface area contributed by atoms with Crippen molar-refractivity contribution in [2.45, 2.75) is 64.0 Å². The van der Waals surface area contributed by atoms with Gasteiger partial charge in [-0.05, 0) is 63.6 Å². The van der Waals surface area contributed by atoms with Crippen molar-refractivity contribution in [1.82, 2.24) is 29.9 Å². The third-order valence-electron chi connectivity index (χ3n) is 10.0. The summed E-state index contributed by atoms with van der Waals surface area (Å²) >= 11 is 0. The maximum absolute atomic E-state index is 14.0. The fourth-order valence-corrected chi connectivity index (χ4v) is 7.11. The van der Waals surface area contributed by atoms with Crippen LogP contribution < -0.4 is 9.80 Å². The topological polar surface area (TPSA) is 122 Å². The smallest absolute Gasteiger partial charge is 0.433 e. The summed E-state index contributed by atoms with van der Waals surface area (Å²) in [5.41, 5.74) is 2.58. The average Bonchev–Trinajstić information content (AvgIpc) is 3.85. The van der Waals surface area contributed by atoms with E-state index in [0.29, 0.717) is 91.1 Å². The number of carbonyl (C=O) groups is 1. The van der Waals surface area contributed by atoms with Crippen molar-refractivity contribution in [3.05, 3.63) is 42.0 Å². The zero-order valence-electron chi connectivity index (χ0n) is 28.0. The number of methoxy groups -OCH3 is 1. The van der Waals surface area contributed by atoms with E-state index in [0.717, 1.165) is 43.9 Å². The van der Waals surface area contributed by atoms with Gasteiger partial charge >= 0.3 is 12.1 Å². The number of esters is 1. The summed E-state index contributed by atoms with van der Waals surface area (Å²) < 4.78 is 52.7. The molecule has 0 aromatic carbocycles. The first-order valence-electron chi connectivity index (χ1n) is 17.0.